The van der Waals surface area contributed by atoms with Gasteiger partial charge in [0, 0.05) is 42.7 Å². The Bertz CT molecular complexity index is 1240. The van der Waals surface area contributed by atoms with Crippen molar-refractivity contribution in [1.29, 1.82) is 0 Å². The predicted molar refractivity (Wildman–Crippen MR) is 140 cm³/mol. The molecule has 0 unspecified atom stereocenters. The Morgan fingerprint density at radius 1 is 1.16 bits per heavy atom. The molecule has 10 heteroatoms. The highest BCUT2D eigenvalue weighted by atomic mass is 16.6. The maximum atomic E-state index is 12.9. The van der Waals surface area contributed by atoms with E-state index in [-0.39, 0.29) is 17.6 Å². The Morgan fingerprint density at radius 3 is 2.51 bits per heavy atom. The zero-order chi connectivity index (χ0) is 27.3. The summed E-state index contributed by atoms with van der Waals surface area (Å²) in [5, 5.41) is 5.77. The number of benzene rings is 1. The zero-order valence-electron chi connectivity index (χ0n) is 22.1. The quantitative estimate of drug-likeness (QED) is 0.254. The maximum absolute atomic E-state index is 12.9. The standard InChI is InChI=1S/C27H34N4O6/c1-7-31(8-2)12-11-28-26(34)24-15(3)23(29-16(24)4)14-21-20-13-19(9-10-22(20)30-25(21)33)37-27(35)17(5)36-18(6)32/h9-10,13-14,17,29H,7-8,11-12H2,1-6H3,(H,28,34)(H,30,33)/b21-14-/t17-/m0/s1. The number of aromatic nitrogens is 1. The number of ether oxygens (including phenoxy) is 2. The fourth-order valence-electron chi connectivity index (χ4n) is 4.23. The zero-order valence-corrected chi connectivity index (χ0v) is 22.1. The average Bonchev–Trinajstić information content (AvgIpc) is 3.30. The van der Waals surface area contributed by atoms with Crippen molar-refractivity contribution in [2.75, 3.05) is 31.5 Å². The van der Waals surface area contributed by atoms with Crippen LogP contribution < -0.4 is 15.4 Å². The Hall–Kier alpha value is -3.92. The number of aryl methyl sites for hydroxylation is 1. The molecule has 2 amide bonds. The van der Waals surface area contributed by atoms with Gasteiger partial charge in [-0.05, 0) is 63.7 Å². The number of esters is 2. The molecule has 2 heterocycles. The van der Waals surface area contributed by atoms with Gasteiger partial charge < -0.3 is 30.0 Å². The second-order valence-corrected chi connectivity index (χ2v) is 8.84. The number of nitrogens with zero attached hydrogens (tertiary/aromatic N) is 1. The smallest absolute Gasteiger partial charge is 0.352 e. The molecule has 10 nitrogen and oxygen atoms in total. The van der Waals surface area contributed by atoms with Crippen LogP contribution in [-0.2, 0) is 19.1 Å². The summed E-state index contributed by atoms with van der Waals surface area (Å²) in [4.78, 5) is 54.4. The molecule has 0 radical (unpaired) electrons. The molecule has 3 rings (SSSR count). The molecule has 0 bridgehead atoms. The van der Waals surface area contributed by atoms with Crippen molar-refractivity contribution >= 4 is 41.1 Å². The van der Waals surface area contributed by atoms with Crippen LogP contribution in [0.5, 0.6) is 5.75 Å². The molecule has 3 N–H and O–H groups in total. The first-order valence-corrected chi connectivity index (χ1v) is 12.3. The van der Waals surface area contributed by atoms with E-state index in [2.05, 4.69) is 34.4 Å². The van der Waals surface area contributed by atoms with E-state index in [0.29, 0.717) is 40.3 Å². The molecule has 0 spiro atoms. The maximum Gasteiger partial charge on any atom is 0.352 e. The molecule has 1 aliphatic heterocycles. The number of rotatable bonds is 10. The van der Waals surface area contributed by atoms with E-state index in [1.807, 2.05) is 13.8 Å². The van der Waals surface area contributed by atoms with Gasteiger partial charge >= 0.3 is 11.9 Å². The molecule has 0 aliphatic carbocycles. The first kappa shape index (κ1) is 27.7. The van der Waals surface area contributed by atoms with E-state index < -0.39 is 18.0 Å². The van der Waals surface area contributed by atoms with Crippen molar-refractivity contribution in [3.63, 3.8) is 0 Å². The lowest BCUT2D eigenvalue weighted by Crippen LogP contribution is -2.35. The van der Waals surface area contributed by atoms with Crippen molar-refractivity contribution in [2.24, 2.45) is 0 Å². The van der Waals surface area contributed by atoms with Crippen LogP contribution in [0.2, 0.25) is 0 Å². The number of fused-ring (bicyclic) bond motifs is 1. The van der Waals surface area contributed by atoms with Gasteiger partial charge in [0.25, 0.3) is 11.8 Å². The minimum absolute atomic E-state index is 0.171. The van der Waals surface area contributed by atoms with Gasteiger partial charge in [0.15, 0.2) is 6.10 Å². The molecule has 1 aliphatic rings. The van der Waals surface area contributed by atoms with Crippen molar-refractivity contribution < 1.29 is 28.7 Å². The number of aromatic amines is 1. The first-order chi connectivity index (χ1) is 17.5. The van der Waals surface area contributed by atoms with Crippen LogP contribution in [0.4, 0.5) is 5.69 Å². The van der Waals surface area contributed by atoms with Crippen LogP contribution in [0.3, 0.4) is 0 Å². The molecule has 1 atom stereocenters. The fourth-order valence-corrected chi connectivity index (χ4v) is 4.23. The summed E-state index contributed by atoms with van der Waals surface area (Å²) in [6.07, 6.45) is 0.616. The van der Waals surface area contributed by atoms with Gasteiger partial charge in [0.1, 0.15) is 5.75 Å². The first-order valence-electron chi connectivity index (χ1n) is 12.3. The summed E-state index contributed by atoms with van der Waals surface area (Å²) in [6.45, 7) is 13.6. The number of hydrogen-bond acceptors (Lipinski definition) is 7. The molecular weight excluding hydrogens is 476 g/mol. The Morgan fingerprint density at radius 2 is 1.86 bits per heavy atom. The topological polar surface area (TPSA) is 130 Å². The van der Waals surface area contributed by atoms with E-state index in [4.69, 9.17) is 9.47 Å². The molecule has 0 saturated heterocycles. The van der Waals surface area contributed by atoms with Crippen LogP contribution in [0.15, 0.2) is 18.2 Å². The molecule has 1 aromatic heterocycles. The molecule has 2 aromatic rings. The van der Waals surface area contributed by atoms with Gasteiger partial charge in [0.05, 0.1) is 11.1 Å². The van der Waals surface area contributed by atoms with Crippen molar-refractivity contribution in [2.45, 2.75) is 47.6 Å². The van der Waals surface area contributed by atoms with E-state index in [1.54, 1.807) is 24.3 Å². The summed E-state index contributed by atoms with van der Waals surface area (Å²) in [6, 6.07) is 4.75. The second-order valence-electron chi connectivity index (χ2n) is 8.84. The number of anilines is 1. The van der Waals surface area contributed by atoms with Crippen LogP contribution >= 0.6 is 0 Å². The minimum Gasteiger partial charge on any atom is -0.451 e. The molecule has 198 valence electrons. The summed E-state index contributed by atoms with van der Waals surface area (Å²) in [5.74, 6) is -1.60. The van der Waals surface area contributed by atoms with Gasteiger partial charge in [-0.25, -0.2) is 4.79 Å². The highest BCUT2D eigenvalue weighted by Crippen LogP contribution is 2.36. The fraction of sp³-hybridized carbons (Fsp3) is 0.407. The highest BCUT2D eigenvalue weighted by molar-refractivity contribution is 6.35. The Labute approximate surface area is 216 Å². The molecule has 0 fully saturated rings. The monoisotopic (exact) mass is 510 g/mol. The predicted octanol–water partition coefficient (Wildman–Crippen LogP) is 3.05. The third kappa shape index (κ3) is 6.45. The van der Waals surface area contributed by atoms with E-state index in [9.17, 15) is 19.2 Å². The Balaban J connectivity index is 1.82. The van der Waals surface area contributed by atoms with Crippen molar-refractivity contribution in [1.82, 2.24) is 15.2 Å². The van der Waals surface area contributed by atoms with Crippen LogP contribution in [-0.4, -0.2) is 65.9 Å². The number of carbonyl (C=O) groups excluding carboxylic acids is 4. The van der Waals surface area contributed by atoms with Crippen LogP contribution in [0.1, 0.15) is 60.6 Å². The lowest BCUT2D eigenvalue weighted by molar-refractivity contribution is -0.159. The Kier molecular flexibility index (Phi) is 8.88. The van der Waals surface area contributed by atoms with Gasteiger partial charge in [-0.1, -0.05) is 13.8 Å². The molecular formula is C27H34N4O6. The minimum atomic E-state index is -1.07. The summed E-state index contributed by atoms with van der Waals surface area (Å²) in [7, 11) is 0. The van der Waals surface area contributed by atoms with Crippen LogP contribution in [0, 0.1) is 13.8 Å². The SMILES string of the molecule is CCN(CC)CCNC(=O)c1c(C)[nH]c(/C=C2\C(=O)Nc3ccc(OC(=O)[C@H](C)OC(C)=O)cc32)c1C. The highest BCUT2D eigenvalue weighted by Gasteiger charge is 2.27. The third-order valence-electron chi connectivity index (χ3n) is 6.27. The molecule has 1 aromatic carbocycles. The van der Waals surface area contributed by atoms with Gasteiger partial charge in [-0.2, -0.15) is 0 Å². The summed E-state index contributed by atoms with van der Waals surface area (Å²) >= 11 is 0. The summed E-state index contributed by atoms with van der Waals surface area (Å²) < 4.78 is 10.2. The number of H-pyrrole nitrogens is 1. The van der Waals surface area contributed by atoms with Gasteiger partial charge in [-0.3, -0.25) is 14.4 Å². The molecule has 0 saturated carbocycles. The second kappa shape index (κ2) is 11.9. The lowest BCUT2D eigenvalue weighted by atomic mass is 10.0. The number of likely N-dealkylation sites (N-methyl/N-ethyl adjacent to an activating group) is 1. The van der Waals surface area contributed by atoms with Crippen molar-refractivity contribution in [3.05, 3.63) is 46.3 Å². The van der Waals surface area contributed by atoms with Crippen LogP contribution in [0.25, 0.3) is 11.6 Å². The largest absolute Gasteiger partial charge is 0.451 e. The summed E-state index contributed by atoms with van der Waals surface area (Å²) in [5.41, 5.74) is 4.09. The number of amides is 2. The average molecular weight is 511 g/mol. The molecule has 37 heavy (non-hydrogen) atoms. The van der Waals surface area contributed by atoms with E-state index in [0.717, 1.165) is 25.2 Å². The normalized spacial score (nSPS) is 14.4. The third-order valence-corrected chi connectivity index (χ3v) is 6.27. The van der Waals surface area contributed by atoms with Gasteiger partial charge in [0.2, 0.25) is 0 Å². The van der Waals surface area contributed by atoms with E-state index in [1.165, 1.54) is 13.8 Å². The van der Waals surface area contributed by atoms with Crippen molar-refractivity contribution in [3.8, 4) is 5.75 Å². The lowest BCUT2D eigenvalue weighted by Gasteiger charge is -2.18. The van der Waals surface area contributed by atoms with Gasteiger partial charge in [-0.15, -0.1) is 0 Å². The number of carbonyl (C=O) groups is 4. The number of nitrogens with one attached hydrogen (secondary N) is 3. The number of hydrogen-bond donors (Lipinski definition) is 3. The van der Waals surface area contributed by atoms with E-state index >= 15 is 0 Å².